The monoisotopic (exact) mass is 576 g/mol. The highest BCUT2D eigenvalue weighted by Crippen LogP contribution is 2.58. The largest absolute Gasteiger partial charge is 0.465 e. The summed E-state index contributed by atoms with van der Waals surface area (Å²) in [7, 11) is 0. The molecular weight excluding hydrogens is 532 g/mol. The second-order valence-electron chi connectivity index (χ2n) is 12.6. The van der Waals surface area contributed by atoms with Gasteiger partial charge < -0.3 is 24.4 Å². The van der Waals surface area contributed by atoms with Crippen LogP contribution in [-0.2, 0) is 30.3 Å². The van der Waals surface area contributed by atoms with E-state index in [-0.39, 0.29) is 24.5 Å². The highest BCUT2D eigenvalue weighted by atomic mass is 16.6. The fraction of sp³-hybridized carbons (Fsp3) is 0.618. The molecule has 42 heavy (non-hydrogen) atoms. The van der Waals surface area contributed by atoms with Crippen molar-refractivity contribution in [1.82, 2.24) is 9.80 Å². The number of aliphatic hydroxyl groups excluding tert-OH is 1. The van der Waals surface area contributed by atoms with Gasteiger partial charge in [0.2, 0.25) is 11.8 Å². The highest BCUT2D eigenvalue weighted by molar-refractivity contribution is 5.99. The molecule has 6 atom stereocenters. The van der Waals surface area contributed by atoms with E-state index >= 15 is 0 Å². The summed E-state index contributed by atoms with van der Waals surface area (Å²) in [6.07, 6.45) is 16.4. The number of fused-ring (bicyclic) bond motifs is 2. The summed E-state index contributed by atoms with van der Waals surface area (Å²) in [5.74, 6) is -2.75. The number of hydrogen-bond acceptors (Lipinski definition) is 6. The van der Waals surface area contributed by atoms with Gasteiger partial charge in [0.1, 0.15) is 23.2 Å². The fourth-order valence-corrected chi connectivity index (χ4v) is 8.25. The van der Waals surface area contributed by atoms with E-state index in [1.165, 1.54) is 0 Å². The molecule has 0 radical (unpaired) electrons. The first-order valence-corrected chi connectivity index (χ1v) is 16.0. The molecule has 8 heteroatoms. The van der Waals surface area contributed by atoms with E-state index in [1.54, 1.807) is 4.90 Å². The van der Waals surface area contributed by atoms with E-state index in [0.717, 1.165) is 56.9 Å². The van der Waals surface area contributed by atoms with Crippen molar-refractivity contribution < 1.29 is 29.0 Å². The Morgan fingerprint density at radius 1 is 0.952 bits per heavy atom. The standard InChI is InChI=1S/C34H44N2O6/c1-2-33-18-11-3-4-12-21-41-32(40)28(33)27-30(38)36(26(23-37)22-24-14-7-5-8-15-24)29-31(39)35(25-16-9-6-10-17-25)20-13-19-34(27,29)42-33/h5,7-8,11,13-15,18-19,25-29,37H,2-4,6,9-10,12,16-17,20-23H2,1H3/b18-11-/t26-,27+,28-,29?,33+,34+/m1/s1. The number of rotatable bonds is 6. The number of nitrogens with zero attached hydrogens (tertiary/aromatic N) is 2. The van der Waals surface area contributed by atoms with E-state index in [9.17, 15) is 19.5 Å². The Hall–Kier alpha value is -2.97. The third-order valence-corrected chi connectivity index (χ3v) is 10.3. The van der Waals surface area contributed by atoms with Crippen LogP contribution in [-0.4, -0.2) is 81.8 Å². The Morgan fingerprint density at radius 3 is 2.48 bits per heavy atom. The Morgan fingerprint density at radius 2 is 1.74 bits per heavy atom. The molecule has 6 rings (SSSR count). The zero-order valence-corrected chi connectivity index (χ0v) is 24.7. The van der Waals surface area contributed by atoms with E-state index in [4.69, 9.17) is 9.47 Å². The SMILES string of the molecule is CC[C@]12/C=C\CCCCOC(=O)[C@H]1[C@H]1C(=O)N([C@@H](CO)Cc3ccccc3)C3C(=O)N(C4CCCCC4)CC=C[C@@]31O2. The third kappa shape index (κ3) is 4.80. The van der Waals surface area contributed by atoms with Crippen LogP contribution in [0.2, 0.25) is 0 Å². The van der Waals surface area contributed by atoms with Crippen LogP contribution in [0.5, 0.6) is 0 Å². The van der Waals surface area contributed by atoms with Gasteiger partial charge in [-0.1, -0.05) is 80.8 Å². The van der Waals surface area contributed by atoms with Crippen molar-refractivity contribution >= 4 is 17.8 Å². The molecule has 3 fully saturated rings. The average Bonchev–Trinajstić information content (AvgIpc) is 3.38. The van der Waals surface area contributed by atoms with Gasteiger partial charge in [0, 0.05) is 12.6 Å². The quantitative estimate of drug-likeness (QED) is 0.407. The van der Waals surface area contributed by atoms with Crippen LogP contribution < -0.4 is 0 Å². The predicted octanol–water partition coefficient (Wildman–Crippen LogP) is 3.97. The lowest BCUT2D eigenvalue weighted by Crippen LogP contribution is -2.60. The number of allylic oxidation sites excluding steroid dienone is 1. The topological polar surface area (TPSA) is 96.4 Å². The number of aliphatic hydroxyl groups is 1. The molecule has 5 aliphatic rings. The van der Waals surface area contributed by atoms with Crippen LogP contribution in [0.3, 0.4) is 0 Å². The molecule has 226 valence electrons. The maximum Gasteiger partial charge on any atom is 0.313 e. The summed E-state index contributed by atoms with van der Waals surface area (Å²) in [5.41, 5.74) is -1.46. The van der Waals surface area contributed by atoms with Crippen LogP contribution >= 0.6 is 0 Å². The number of hydrogen-bond donors (Lipinski definition) is 1. The summed E-state index contributed by atoms with van der Waals surface area (Å²) < 4.78 is 12.9. The Kier molecular flexibility index (Phi) is 8.29. The Bertz CT molecular complexity index is 1230. The van der Waals surface area contributed by atoms with Gasteiger partial charge in [-0.15, -0.1) is 0 Å². The third-order valence-electron chi connectivity index (χ3n) is 10.3. The molecule has 1 saturated carbocycles. The molecule has 1 N–H and O–H groups in total. The second-order valence-corrected chi connectivity index (χ2v) is 12.6. The summed E-state index contributed by atoms with van der Waals surface area (Å²) in [5, 5.41) is 10.7. The molecule has 2 amide bonds. The highest BCUT2D eigenvalue weighted by Gasteiger charge is 2.76. The molecule has 4 aliphatic heterocycles. The zero-order chi connectivity index (χ0) is 29.3. The smallest absolute Gasteiger partial charge is 0.313 e. The molecule has 8 nitrogen and oxygen atoms in total. The van der Waals surface area contributed by atoms with Crippen LogP contribution in [0.15, 0.2) is 54.6 Å². The number of ether oxygens (including phenoxy) is 2. The summed E-state index contributed by atoms with van der Waals surface area (Å²) in [6, 6.07) is 8.16. The van der Waals surface area contributed by atoms with Crippen molar-refractivity contribution in [3.8, 4) is 0 Å². The fourth-order valence-electron chi connectivity index (χ4n) is 8.25. The van der Waals surface area contributed by atoms with Crippen molar-refractivity contribution in [2.75, 3.05) is 19.8 Å². The van der Waals surface area contributed by atoms with Gasteiger partial charge in [-0.3, -0.25) is 14.4 Å². The van der Waals surface area contributed by atoms with E-state index in [1.807, 2.05) is 60.4 Å². The predicted molar refractivity (Wildman–Crippen MR) is 157 cm³/mol. The van der Waals surface area contributed by atoms with Crippen molar-refractivity contribution in [3.63, 3.8) is 0 Å². The number of likely N-dealkylation sites (tertiary alicyclic amines) is 1. The molecule has 0 aromatic heterocycles. The maximum atomic E-state index is 14.8. The van der Waals surface area contributed by atoms with E-state index < -0.39 is 41.1 Å². The molecule has 0 bridgehead atoms. The van der Waals surface area contributed by atoms with Crippen LogP contribution in [0.1, 0.15) is 70.3 Å². The molecule has 4 heterocycles. The van der Waals surface area contributed by atoms with Gasteiger partial charge in [-0.25, -0.2) is 0 Å². The van der Waals surface area contributed by atoms with Crippen molar-refractivity contribution in [2.45, 2.75) is 100 Å². The van der Waals surface area contributed by atoms with E-state index in [0.29, 0.717) is 26.0 Å². The van der Waals surface area contributed by atoms with Crippen molar-refractivity contribution in [3.05, 3.63) is 60.2 Å². The van der Waals surface area contributed by atoms with Gasteiger partial charge in [0.05, 0.1) is 25.2 Å². The maximum absolute atomic E-state index is 14.8. The minimum Gasteiger partial charge on any atom is -0.465 e. The lowest BCUT2D eigenvalue weighted by atomic mass is 9.73. The molecule has 1 spiro atoms. The number of benzene rings is 1. The molecule has 1 unspecified atom stereocenters. The van der Waals surface area contributed by atoms with Crippen LogP contribution in [0.4, 0.5) is 0 Å². The van der Waals surface area contributed by atoms with Crippen LogP contribution in [0.25, 0.3) is 0 Å². The number of carbonyl (C=O) groups excluding carboxylic acids is 3. The van der Waals surface area contributed by atoms with E-state index in [2.05, 4.69) is 6.08 Å². The van der Waals surface area contributed by atoms with Crippen LogP contribution in [0, 0.1) is 11.8 Å². The molecule has 1 aromatic rings. The lowest BCUT2D eigenvalue weighted by molar-refractivity contribution is -0.164. The van der Waals surface area contributed by atoms with Gasteiger partial charge >= 0.3 is 5.97 Å². The number of esters is 1. The minimum absolute atomic E-state index is 0.0934. The molecular formula is C34H44N2O6. The zero-order valence-electron chi connectivity index (χ0n) is 24.7. The Labute approximate surface area is 248 Å². The normalized spacial score (nSPS) is 35.2. The van der Waals surface area contributed by atoms with Gasteiger partial charge in [0.15, 0.2) is 0 Å². The first-order chi connectivity index (χ1) is 20.5. The first kappa shape index (κ1) is 29.1. The minimum atomic E-state index is -1.35. The first-order valence-electron chi connectivity index (χ1n) is 16.0. The molecule has 1 aromatic carbocycles. The number of carbonyl (C=O) groups is 3. The van der Waals surface area contributed by atoms with Crippen molar-refractivity contribution in [1.29, 1.82) is 0 Å². The Balaban J connectivity index is 1.48. The van der Waals surface area contributed by atoms with Crippen molar-refractivity contribution in [2.24, 2.45) is 11.8 Å². The summed E-state index contributed by atoms with van der Waals surface area (Å²) in [6.45, 7) is 2.38. The summed E-state index contributed by atoms with van der Waals surface area (Å²) in [4.78, 5) is 47.0. The second kappa shape index (κ2) is 12.0. The summed E-state index contributed by atoms with van der Waals surface area (Å²) >= 11 is 0. The molecule has 2 saturated heterocycles. The van der Waals surface area contributed by atoms with Gasteiger partial charge in [-0.2, -0.15) is 0 Å². The number of amides is 2. The lowest BCUT2D eigenvalue weighted by Gasteiger charge is -2.42. The van der Waals surface area contributed by atoms with Gasteiger partial charge in [-0.05, 0) is 50.5 Å². The van der Waals surface area contributed by atoms with Gasteiger partial charge in [0.25, 0.3) is 0 Å². The molecule has 1 aliphatic carbocycles. The number of cyclic esters (lactones) is 1. The average molecular weight is 577 g/mol.